The molecule has 0 aliphatic rings. The Morgan fingerprint density at radius 1 is 1.47 bits per heavy atom. The minimum absolute atomic E-state index is 0.0138. The van der Waals surface area contributed by atoms with Crippen LogP contribution in [0.1, 0.15) is 53.7 Å². The van der Waals surface area contributed by atoms with E-state index in [0.717, 1.165) is 23.3 Å². The van der Waals surface area contributed by atoms with E-state index in [9.17, 15) is 4.79 Å². The number of nitrogens with two attached hydrogens (primary N) is 1. The second kappa shape index (κ2) is 6.74. The van der Waals surface area contributed by atoms with E-state index < -0.39 is 0 Å². The normalized spacial score (nSPS) is 10.8. The molecule has 104 valence electrons. The Kier molecular flexibility index (Phi) is 5.59. The lowest BCUT2D eigenvalue weighted by Crippen LogP contribution is -2.44. The van der Waals surface area contributed by atoms with E-state index >= 15 is 0 Å². The molecule has 0 atom stereocenters. The van der Waals surface area contributed by atoms with Gasteiger partial charge in [-0.3, -0.25) is 4.79 Å². The number of rotatable bonds is 4. The zero-order valence-corrected chi connectivity index (χ0v) is 12.9. The van der Waals surface area contributed by atoms with Crippen LogP contribution in [0, 0.1) is 18.8 Å². The van der Waals surface area contributed by atoms with Crippen molar-refractivity contribution >= 4 is 17.2 Å². The smallest absolute Gasteiger partial charge is 0.261 e. The Morgan fingerprint density at radius 2 is 2.11 bits per heavy atom. The molecule has 0 fully saturated rings. The number of hydrogen-bond acceptors (Lipinski definition) is 3. The number of aryl methyl sites for hydroxylation is 1. The Balaban J connectivity index is 2.89. The first-order chi connectivity index (χ1) is 8.95. The minimum atomic E-state index is -0.141. The van der Waals surface area contributed by atoms with Crippen LogP contribution in [0.3, 0.4) is 0 Å². The molecule has 3 N–H and O–H groups in total. The highest BCUT2D eigenvalue weighted by Crippen LogP contribution is 2.22. The lowest BCUT2D eigenvalue weighted by Gasteiger charge is -2.27. The Morgan fingerprint density at radius 3 is 2.63 bits per heavy atom. The van der Waals surface area contributed by atoms with Crippen molar-refractivity contribution in [3.8, 4) is 11.8 Å². The topological polar surface area (TPSA) is 55.1 Å². The van der Waals surface area contributed by atoms with Crippen molar-refractivity contribution in [3.63, 3.8) is 0 Å². The predicted octanol–water partition coefficient (Wildman–Crippen LogP) is 2.68. The van der Waals surface area contributed by atoms with Gasteiger partial charge in [0.15, 0.2) is 0 Å². The van der Waals surface area contributed by atoms with Crippen molar-refractivity contribution in [3.05, 3.63) is 21.4 Å². The summed E-state index contributed by atoms with van der Waals surface area (Å²) in [5.74, 6) is 5.81. The maximum atomic E-state index is 12.2. The maximum absolute atomic E-state index is 12.2. The molecule has 0 spiro atoms. The molecule has 0 aliphatic carbocycles. The van der Waals surface area contributed by atoms with E-state index in [0.29, 0.717) is 11.4 Å². The molecule has 3 nitrogen and oxygen atoms in total. The van der Waals surface area contributed by atoms with Crippen LogP contribution in [0.2, 0.25) is 0 Å². The molecule has 4 heteroatoms. The number of nitrogens with one attached hydrogen (secondary N) is 1. The lowest BCUT2D eigenvalue weighted by molar-refractivity contribution is 0.0905. The lowest BCUT2D eigenvalue weighted by atomic mass is 9.95. The summed E-state index contributed by atoms with van der Waals surface area (Å²) < 4.78 is 0. The van der Waals surface area contributed by atoms with Crippen LogP contribution in [-0.2, 0) is 0 Å². The maximum Gasteiger partial charge on any atom is 0.261 e. The largest absolute Gasteiger partial charge is 0.346 e. The van der Waals surface area contributed by atoms with Gasteiger partial charge < -0.3 is 11.1 Å². The third-order valence-electron chi connectivity index (χ3n) is 3.42. The summed E-state index contributed by atoms with van der Waals surface area (Å²) in [5, 5.41) is 3.10. The summed E-state index contributed by atoms with van der Waals surface area (Å²) in [6, 6.07) is 1.90. The molecule has 0 radical (unpaired) electrons. The fourth-order valence-corrected chi connectivity index (χ4v) is 2.55. The molecule has 1 aromatic rings. The highest BCUT2D eigenvalue weighted by molar-refractivity contribution is 7.14. The fraction of sp³-hybridized carbons (Fsp3) is 0.533. The van der Waals surface area contributed by atoms with E-state index in [1.165, 1.54) is 11.3 Å². The van der Waals surface area contributed by atoms with Crippen molar-refractivity contribution in [2.75, 3.05) is 6.54 Å². The van der Waals surface area contributed by atoms with Gasteiger partial charge in [0.1, 0.15) is 0 Å². The second-order valence-electron chi connectivity index (χ2n) is 4.85. The van der Waals surface area contributed by atoms with Crippen LogP contribution in [-0.4, -0.2) is 18.0 Å². The number of hydrogen-bond donors (Lipinski definition) is 2. The summed E-state index contributed by atoms with van der Waals surface area (Å²) in [5.41, 5.74) is 6.26. The van der Waals surface area contributed by atoms with E-state index in [4.69, 9.17) is 5.73 Å². The molecule has 1 aromatic heterocycles. The highest BCUT2D eigenvalue weighted by Gasteiger charge is 2.23. The number of thiophene rings is 1. The van der Waals surface area contributed by atoms with Crippen molar-refractivity contribution in [1.29, 1.82) is 0 Å². The number of amides is 1. The molecule has 1 heterocycles. The van der Waals surface area contributed by atoms with Gasteiger partial charge in [-0.15, -0.1) is 11.3 Å². The zero-order valence-electron chi connectivity index (χ0n) is 12.1. The highest BCUT2D eigenvalue weighted by atomic mass is 32.1. The van der Waals surface area contributed by atoms with Crippen molar-refractivity contribution < 1.29 is 4.79 Å². The van der Waals surface area contributed by atoms with Crippen LogP contribution < -0.4 is 11.1 Å². The van der Waals surface area contributed by atoms with Crippen LogP contribution in [0.5, 0.6) is 0 Å². The van der Waals surface area contributed by atoms with Gasteiger partial charge in [-0.2, -0.15) is 0 Å². The van der Waals surface area contributed by atoms with Crippen LogP contribution in [0.15, 0.2) is 6.07 Å². The zero-order chi connectivity index (χ0) is 14.5. The number of carbonyl (C=O) groups is 1. The van der Waals surface area contributed by atoms with Gasteiger partial charge in [0.2, 0.25) is 0 Å². The molecular formula is C15H22N2OS. The monoisotopic (exact) mass is 278 g/mol. The van der Waals surface area contributed by atoms with E-state index in [1.54, 1.807) is 0 Å². The molecule has 0 bridgehead atoms. The first-order valence-corrected chi connectivity index (χ1v) is 7.39. The molecule has 1 rings (SSSR count). The van der Waals surface area contributed by atoms with Gasteiger partial charge in [-0.1, -0.05) is 25.7 Å². The molecular weight excluding hydrogens is 256 g/mol. The van der Waals surface area contributed by atoms with Crippen molar-refractivity contribution in [2.24, 2.45) is 5.73 Å². The molecule has 0 saturated heterocycles. The fourth-order valence-electron chi connectivity index (χ4n) is 1.61. The van der Waals surface area contributed by atoms with Crippen LogP contribution >= 0.6 is 11.3 Å². The number of carbonyl (C=O) groups excluding carboxylic acids is 1. The standard InChI is InChI=1S/C15H22N2OS/c1-5-15(4,6-2)17-14(18)13-10-11(3)12(19-13)8-7-9-16/h10H,5-6,9,16H2,1-4H3,(H,17,18). The molecule has 0 unspecified atom stereocenters. The van der Waals surface area contributed by atoms with E-state index in [1.807, 2.05) is 13.0 Å². The first-order valence-electron chi connectivity index (χ1n) is 6.57. The summed E-state index contributed by atoms with van der Waals surface area (Å²) in [6.45, 7) is 8.54. The SMILES string of the molecule is CCC(C)(CC)NC(=O)c1cc(C)c(C#CCN)s1. The minimum Gasteiger partial charge on any atom is -0.346 e. The average molecular weight is 278 g/mol. The summed E-state index contributed by atoms with van der Waals surface area (Å²) in [6.07, 6.45) is 1.83. The van der Waals surface area contributed by atoms with Gasteiger partial charge in [0.05, 0.1) is 16.3 Å². The average Bonchev–Trinajstić information content (AvgIpc) is 2.77. The van der Waals surface area contributed by atoms with E-state index in [-0.39, 0.29) is 11.4 Å². The quantitative estimate of drug-likeness (QED) is 0.832. The summed E-state index contributed by atoms with van der Waals surface area (Å²) >= 11 is 1.43. The van der Waals surface area contributed by atoms with Gasteiger partial charge in [-0.05, 0) is 38.3 Å². The van der Waals surface area contributed by atoms with E-state index in [2.05, 4.69) is 37.9 Å². The van der Waals surface area contributed by atoms with Crippen molar-refractivity contribution in [2.45, 2.75) is 46.1 Å². The van der Waals surface area contributed by atoms with Gasteiger partial charge in [-0.25, -0.2) is 0 Å². The van der Waals surface area contributed by atoms with Gasteiger partial charge in [0.25, 0.3) is 5.91 Å². The molecule has 0 aliphatic heterocycles. The summed E-state index contributed by atoms with van der Waals surface area (Å²) in [4.78, 5) is 13.9. The van der Waals surface area contributed by atoms with Crippen molar-refractivity contribution in [1.82, 2.24) is 5.32 Å². The second-order valence-corrected chi connectivity index (χ2v) is 5.90. The Hall–Kier alpha value is -1.31. The van der Waals surface area contributed by atoms with Crippen LogP contribution in [0.4, 0.5) is 0 Å². The third kappa shape index (κ3) is 4.09. The first kappa shape index (κ1) is 15.7. The third-order valence-corrected chi connectivity index (χ3v) is 4.57. The Bertz CT molecular complexity index is 504. The molecule has 0 aromatic carbocycles. The van der Waals surface area contributed by atoms with Gasteiger partial charge in [0, 0.05) is 5.54 Å². The predicted molar refractivity (Wildman–Crippen MR) is 81.4 cm³/mol. The summed E-state index contributed by atoms with van der Waals surface area (Å²) in [7, 11) is 0. The van der Waals surface area contributed by atoms with Gasteiger partial charge >= 0.3 is 0 Å². The Labute approximate surface area is 119 Å². The van der Waals surface area contributed by atoms with Crippen LogP contribution in [0.25, 0.3) is 0 Å². The molecule has 1 amide bonds. The molecule has 19 heavy (non-hydrogen) atoms. The molecule has 0 saturated carbocycles.